The van der Waals surface area contributed by atoms with Crippen LogP contribution in [0, 0.1) is 6.92 Å². The molecule has 1 rings (SSSR count). The van der Waals surface area contributed by atoms with E-state index in [1.807, 2.05) is 11.5 Å². The van der Waals surface area contributed by atoms with Gasteiger partial charge in [0.25, 0.3) is 0 Å². The first-order valence-electron chi connectivity index (χ1n) is 5.38. The third kappa shape index (κ3) is 4.74. The highest BCUT2D eigenvalue weighted by Gasteiger charge is 2.10. The van der Waals surface area contributed by atoms with E-state index >= 15 is 0 Å². The number of unbranched alkanes of at least 4 members (excludes halogenated alkanes) is 1. The van der Waals surface area contributed by atoms with Crippen molar-refractivity contribution < 1.29 is 14.6 Å². The normalized spacial score (nSPS) is 10.7. The second-order valence-corrected chi connectivity index (χ2v) is 4.51. The molecule has 0 aliphatic rings. The van der Waals surface area contributed by atoms with E-state index in [2.05, 4.69) is 10.2 Å². The maximum atomic E-state index is 10.5. The number of hydrogen-bond donors (Lipinski definition) is 1. The number of thioether (sulfide) groups is 1. The smallest absolute Gasteiger partial charge is 0.313 e. The molecule has 0 spiro atoms. The lowest BCUT2D eigenvalue weighted by Gasteiger charge is -2.07. The average Bonchev–Trinajstić information content (AvgIpc) is 2.63. The first-order chi connectivity index (χ1) is 8.15. The van der Waals surface area contributed by atoms with Crippen LogP contribution in [0.3, 0.4) is 0 Å². The van der Waals surface area contributed by atoms with E-state index in [-0.39, 0.29) is 5.75 Å². The lowest BCUT2D eigenvalue weighted by molar-refractivity contribution is -0.133. The summed E-state index contributed by atoms with van der Waals surface area (Å²) in [7, 11) is 1.68. The molecule has 0 amide bonds. The lowest BCUT2D eigenvalue weighted by Crippen LogP contribution is -2.05. The van der Waals surface area contributed by atoms with Crippen molar-refractivity contribution in [3.63, 3.8) is 0 Å². The van der Waals surface area contributed by atoms with Gasteiger partial charge in [-0.3, -0.25) is 4.79 Å². The standard InChI is InChI=1S/C10H17N3O3S/c1-8-11-12-10(17-7-9(14)15)13(8)5-3-4-6-16-2/h3-7H2,1-2H3,(H,14,15). The van der Waals surface area contributed by atoms with Crippen molar-refractivity contribution >= 4 is 17.7 Å². The molecule has 1 heterocycles. The van der Waals surface area contributed by atoms with Crippen LogP contribution in [-0.2, 0) is 16.1 Å². The molecule has 7 heteroatoms. The zero-order valence-electron chi connectivity index (χ0n) is 10.0. The van der Waals surface area contributed by atoms with Crippen molar-refractivity contribution in [1.29, 1.82) is 0 Å². The van der Waals surface area contributed by atoms with Crippen LogP contribution in [0.5, 0.6) is 0 Å². The predicted octanol–water partition coefficient (Wildman–Crippen LogP) is 1.19. The Balaban J connectivity index is 2.50. The molecule has 0 radical (unpaired) electrons. The fourth-order valence-electron chi connectivity index (χ4n) is 1.37. The number of rotatable bonds is 8. The number of aryl methyl sites for hydroxylation is 1. The molecule has 1 aromatic heterocycles. The zero-order chi connectivity index (χ0) is 12.7. The number of carbonyl (C=O) groups is 1. The molecule has 0 aliphatic carbocycles. The Kier molecular flexibility index (Phi) is 5.99. The summed E-state index contributed by atoms with van der Waals surface area (Å²) in [6.07, 6.45) is 1.94. The molecule has 0 bridgehead atoms. The van der Waals surface area contributed by atoms with Gasteiger partial charge in [0.2, 0.25) is 0 Å². The number of ether oxygens (including phenoxy) is 1. The summed E-state index contributed by atoms with van der Waals surface area (Å²) in [6, 6.07) is 0. The molecule has 17 heavy (non-hydrogen) atoms. The number of aliphatic carboxylic acids is 1. The molecular formula is C10H17N3O3S. The van der Waals surface area contributed by atoms with Crippen molar-refractivity contribution in [3.8, 4) is 0 Å². The van der Waals surface area contributed by atoms with Crippen molar-refractivity contribution in [1.82, 2.24) is 14.8 Å². The van der Waals surface area contributed by atoms with Gasteiger partial charge in [0.1, 0.15) is 5.82 Å². The number of nitrogens with zero attached hydrogens (tertiary/aromatic N) is 3. The maximum absolute atomic E-state index is 10.5. The number of carboxylic acids is 1. The monoisotopic (exact) mass is 259 g/mol. The second-order valence-electron chi connectivity index (χ2n) is 3.56. The molecule has 1 N–H and O–H groups in total. The number of aromatic nitrogens is 3. The van der Waals surface area contributed by atoms with E-state index in [0.717, 1.165) is 31.8 Å². The Morgan fingerprint density at radius 2 is 2.24 bits per heavy atom. The first-order valence-corrected chi connectivity index (χ1v) is 6.37. The van der Waals surface area contributed by atoms with Crippen molar-refractivity contribution in [2.75, 3.05) is 19.5 Å². The van der Waals surface area contributed by atoms with Gasteiger partial charge in [-0.2, -0.15) is 0 Å². The van der Waals surface area contributed by atoms with Crippen LogP contribution in [0.25, 0.3) is 0 Å². The Bertz CT molecular complexity index is 368. The summed E-state index contributed by atoms with van der Waals surface area (Å²) in [5.41, 5.74) is 0. The Hall–Kier alpha value is -1.08. The van der Waals surface area contributed by atoms with Gasteiger partial charge in [-0.15, -0.1) is 10.2 Å². The highest BCUT2D eigenvalue weighted by molar-refractivity contribution is 7.99. The fourth-order valence-corrected chi connectivity index (χ4v) is 2.10. The second kappa shape index (κ2) is 7.29. The topological polar surface area (TPSA) is 77.2 Å². The lowest BCUT2D eigenvalue weighted by atomic mass is 10.3. The average molecular weight is 259 g/mol. The number of carboxylic acid groups (broad SMARTS) is 1. The van der Waals surface area contributed by atoms with E-state index < -0.39 is 5.97 Å². The van der Waals surface area contributed by atoms with Gasteiger partial charge in [-0.25, -0.2) is 0 Å². The molecule has 0 aromatic carbocycles. The SMILES string of the molecule is COCCCCn1c(C)nnc1SCC(=O)O. The van der Waals surface area contributed by atoms with Gasteiger partial charge in [-0.1, -0.05) is 11.8 Å². The van der Waals surface area contributed by atoms with Gasteiger partial charge in [-0.05, 0) is 19.8 Å². The summed E-state index contributed by atoms with van der Waals surface area (Å²) < 4.78 is 6.92. The Morgan fingerprint density at radius 3 is 2.88 bits per heavy atom. The van der Waals surface area contributed by atoms with Gasteiger partial charge in [0, 0.05) is 20.3 Å². The molecule has 0 atom stereocenters. The minimum Gasteiger partial charge on any atom is -0.481 e. The van der Waals surface area contributed by atoms with Gasteiger partial charge < -0.3 is 14.4 Å². The van der Waals surface area contributed by atoms with Gasteiger partial charge in [0.05, 0.1) is 5.75 Å². The van der Waals surface area contributed by atoms with E-state index in [9.17, 15) is 4.79 Å². The van der Waals surface area contributed by atoms with Crippen molar-refractivity contribution in [2.45, 2.75) is 31.5 Å². The third-order valence-electron chi connectivity index (χ3n) is 2.21. The van der Waals surface area contributed by atoms with Gasteiger partial charge in [0.15, 0.2) is 5.16 Å². The summed E-state index contributed by atoms with van der Waals surface area (Å²) in [5.74, 6) is -0.0205. The van der Waals surface area contributed by atoms with Crippen LogP contribution in [0.2, 0.25) is 0 Å². The summed E-state index contributed by atoms with van der Waals surface area (Å²) in [6.45, 7) is 3.40. The van der Waals surface area contributed by atoms with E-state index in [4.69, 9.17) is 9.84 Å². The van der Waals surface area contributed by atoms with E-state index in [1.165, 1.54) is 11.8 Å². The van der Waals surface area contributed by atoms with Gasteiger partial charge >= 0.3 is 5.97 Å². The molecule has 0 unspecified atom stereocenters. The molecule has 0 saturated carbocycles. The predicted molar refractivity (Wildman–Crippen MR) is 64.2 cm³/mol. The third-order valence-corrected chi connectivity index (χ3v) is 3.16. The fraction of sp³-hybridized carbons (Fsp3) is 0.700. The zero-order valence-corrected chi connectivity index (χ0v) is 10.9. The molecular weight excluding hydrogens is 242 g/mol. The molecule has 0 fully saturated rings. The van der Waals surface area contributed by atoms with Crippen LogP contribution in [-0.4, -0.2) is 45.3 Å². The van der Waals surface area contributed by atoms with Crippen LogP contribution >= 0.6 is 11.8 Å². The summed E-state index contributed by atoms with van der Waals surface area (Å²) in [4.78, 5) is 10.5. The summed E-state index contributed by atoms with van der Waals surface area (Å²) >= 11 is 1.20. The van der Waals surface area contributed by atoms with Crippen molar-refractivity contribution in [2.24, 2.45) is 0 Å². The van der Waals surface area contributed by atoms with Crippen LogP contribution in [0.1, 0.15) is 18.7 Å². The maximum Gasteiger partial charge on any atom is 0.313 e. The molecule has 96 valence electrons. The largest absolute Gasteiger partial charge is 0.481 e. The Morgan fingerprint density at radius 1 is 1.47 bits per heavy atom. The van der Waals surface area contributed by atoms with E-state index in [1.54, 1.807) is 7.11 Å². The molecule has 6 nitrogen and oxygen atoms in total. The molecule has 0 saturated heterocycles. The highest BCUT2D eigenvalue weighted by Crippen LogP contribution is 2.17. The summed E-state index contributed by atoms with van der Waals surface area (Å²) in [5, 5.41) is 17.2. The molecule has 1 aromatic rings. The van der Waals surface area contributed by atoms with Crippen LogP contribution < -0.4 is 0 Å². The first kappa shape index (κ1) is 14.0. The quantitative estimate of drug-likeness (QED) is 0.558. The minimum atomic E-state index is -0.846. The van der Waals surface area contributed by atoms with Crippen LogP contribution in [0.4, 0.5) is 0 Å². The van der Waals surface area contributed by atoms with E-state index in [0.29, 0.717) is 5.16 Å². The minimum absolute atomic E-state index is 0.0101. The number of methoxy groups -OCH3 is 1. The van der Waals surface area contributed by atoms with Crippen LogP contribution in [0.15, 0.2) is 5.16 Å². The Labute approximate surface area is 104 Å². The molecule has 0 aliphatic heterocycles. The number of hydrogen-bond acceptors (Lipinski definition) is 5. The highest BCUT2D eigenvalue weighted by atomic mass is 32.2. The van der Waals surface area contributed by atoms with Crippen molar-refractivity contribution in [3.05, 3.63) is 5.82 Å².